The third-order valence-electron chi connectivity index (χ3n) is 8.44. The van der Waals surface area contributed by atoms with Crippen LogP contribution in [0.3, 0.4) is 0 Å². The predicted molar refractivity (Wildman–Crippen MR) is 155 cm³/mol. The summed E-state index contributed by atoms with van der Waals surface area (Å²) in [6.45, 7) is 9.28. The van der Waals surface area contributed by atoms with Crippen LogP contribution in [-0.4, -0.2) is 0 Å². The normalized spacial score (nSPS) is 22.8. The fourth-order valence-corrected chi connectivity index (χ4v) is 7.21. The van der Waals surface area contributed by atoms with Gasteiger partial charge in [-0.3, -0.25) is 0 Å². The molecule has 0 amide bonds. The van der Waals surface area contributed by atoms with Crippen LogP contribution in [0.25, 0.3) is 33.4 Å². The van der Waals surface area contributed by atoms with Gasteiger partial charge in [0.25, 0.3) is 0 Å². The lowest BCUT2D eigenvalue weighted by Crippen LogP contribution is -2.35. The largest absolute Gasteiger partial charge is 0.0998 e. The second-order valence-corrected chi connectivity index (χ2v) is 11.8. The summed E-state index contributed by atoms with van der Waals surface area (Å²) >= 11 is 12.8. The van der Waals surface area contributed by atoms with Gasteiger partial charge in [0, 0.05) is 15.5 Å². The lowest BCUT2D eigenvalue weighted by Gasteiger charge is -2.41. The minimum Gasteiger partial charge on any atom is -0.0998 e. The van der Waals surface area contributed by atoms with Gasteiger partial charge in [0.1, 0.15) is 0 Å². The number of rotatable bonds is 3. The van der Waals surface area contributed by atoms with E-state index in [0.717, 1.165) is 34.0 Å². The van der Waals surface area contributed by atoms with Gasteiger partial charge in [-0.15, -0.1) is 0 Å². The molecular weight excluding hydrogens is 479 g/mol. The molecule has 1 saturated carbocycles. The minimum atomic E-state index is -0.0796. The molecular formula is C34H30Cl2. The lowest BCUT2D eigenvalue weighted by atomic mass is 9.62. The van der Waals surface area contributed by atoms with E-state index in [2.05, 4.69) is 75.0 Å². The summed E-state index contributed by atoms with van der Waals surface area (Å²) in [4.78, 5) is 0. The Morgan fingerprint density at radius 1 is 0.722 bits per heavy atom. The van der Waals surface area contributed by atoms with Crippen LogP contribution in [0, 0.1) is 11.8 Å². The lowest BCUT2D eigenvalue weighted by molar-refractivity contribution is 0.249. The SMILES string of the molecule is C=C1CC(C)CC(C2(C)c3ccc(-c4cccc(Cl)c4)cc3-c3c(-c4cccc(Cl)c4)cccc32)C1. The molecule has 180 valence electrons. The average molecular weight is 510 g/mol. The third kappa shape index (κ3) is 3.83. The Kier molecular flexibility index (Phi) is 5.86. The zero-order valence-electron chi connectivity index (χ0n) is 20.8. The maximum Gasteiger partial charge on any atom is 0.0412 e. The number of allylic oxidation sites excluding steroid dienone is 1. The Morgan fingerprint density at radius 3 is 2.11 bits per heavy atom. The summed E-state index contributed by atoms with van der Waals surface area (Å²) in [6, 6.07) is 30.2. The highest BCUT2D eigenvalue weighted by Crippen LogP contribution is 2.59. The average Bonchev–Trinajstić information content (AvgIpc) is 3.12. The van der Waals surface area contributed by atoms with E-state index < -0.39 is 0 Å². The number of halogens is 2. The van der Waals surface area contributed by atoms with E-state index in [1.807, 2.05) is 30.3 Å². The van der Waals surface area contributed by atoms with Crippen molar-refractivity contribution < 1.29 is 0 Å². The molecule has 3 unspecified atom stereocenters. The van der Waals surface area contributed by atoms with Gasteiger partial charge in [-0.05, 0) is 106 Å². The van der Waals surface area contributed by atoms with Crippen molar-refractivity contribution in [1.29, 1.82) is 0 Å². The molecule has 36 heavy (non-hydrogen) atoms. The van der Waals surface area contributed by atoms with E-state index in [4.69, 9.17) is 23.2 Å². The van der Waals surface area contributed by atoms with Crippen molar-refractivity contribution in [3.05, 3.63) is 118 Å². The molecule has 0 aliphatic heterocycles. The van der Waals surface area contributed by atoms with Gasteiger partial charge in [0.05, 0.1) is 0 Å². The summed E-state index contributed by atoms with van der Waals surface area (Å²) in [7, 11) is 0. The second-order valence-electron chi connectivity index (χ2n) is 10.9. The number of fused-ring (bicyclic) bond motifs is 3. The van der Waals surface area contributed by atoms with E-state index in [1.165, 1.54) is 45.4 Å². The van der Waals surface area contributed by atoms with Crippen molar-refractivity contribution in [3.8, 4) is 33.4 Å². The molecule has 0 N–H and O–H groups in total. The first-order valence-electron chi connectivity index (χ1n) is 12.8. The van der Waals surface area contributed by atoms with Gasteiger partial charge in [-0.2, -0.15) is 0 Å². The van der Waals surface area contributed by atoms with E-state index in [1.54, 1.807) is 0 Å². The van der Waals surface area contributed by atoms with Gasteiger partial charge >= 0.3 is 0 Å². The molecule has 1 fully saturated rings. The van der Waals surface area contributed by atoms with Crippen molar-refractivity contribution >= 4 is 23.2 Å². The summed E-state index contributed by atoms with van der Waals surface area (Å²) in [6.07, 6.45) is 3.44. The van der Waals surface area contributed by atoms with Gasteiger partial charge < -0.3 is 0 Å². The van der Waals surface area contributed by atoms with E-state index in [9.17, 15) is 0 Å². The van der Waals surface area contributed by atoms with Crippen molar-refractivity contribution in [2.75, 3.05) is 0 Å². The van der Waals surface area contributed by atoms with Crippen LogP contribution in [-0.2, 0) is 5.41 Å². The summed E-state index contributed by atoms with van der Waals surface area (Å²) < 4.78 is 0. The Labute approximate surface area is 224 Å². The fourth-order valence-electron chi connectivity index (χ4n) is 6.83. The molecule has 0 aromatic heterocycles. The van der Waals surface area contributed by atoms with Crippen LogP contribution in [0.15, 0.2) is 97.1 Å². The van der Waals surface area contributed by atoms with Crippen LogP contribution in [0.5, 0.6) is 0 Å². The zero-order valence-corrected chi connectivity index (χ0v) is 22.3. The van der Waals surface area contributed by atoms with Gasteiger partial charge in [0.2, 0.25) is 0 Å². The smallest absolute Gasteiger partial charge is 0.0412 e. The topological polar surface area (TPSA) is 0 Å². The number of benzene rings is 4. The van der Waals surface area contributed by atoms with Crippen molar-refractivity contribution in [2.24, 2.45) is 11.8 Å². The first-order valence-corrected chi connectivity index (χ1v) is 13.6. The number of hydrogen-bond acceptors (Lipinski definition) is 0. The molecule has 4 aromatic carbocycles. The molecule has 0 nitrogen and oxygen atoms in total. The molecule has 0 heterocycles. The van der Waals surface area contributed by atoms with Crippen LogP contribution in [0.4, 0.5) is 0 Å². The highest BCUT2D eigenvalue weighted by molar-refractivity contribution is 6.31. The first-order chi connectivity index (χ1) is 17.3. The zero-order chi connectivity index (χ0) is 25.0. The number of hydrogen-bond donors (Lipinski definition) is 0. The molecule has 0 spiro atoms. The van der Waals surface area contributed by atoms with Crippen molar-refractivity contribution in [1.82, 2.24) is 0 Å². The van der Waals surface area contributed by atoms with Crippen molar-refractivity contribution in [3.63, 3.8) is 0 Å². The standard InChI is InChI=1S/C34H30Cl2/c1-21-15-22(2)17-26(16-21)34(3)31-14-13-24(23-7-4-9-27(35)18-23)20-30(31)33-29(11-6-12-32(33)34)25-8-5-10-28(36)19-25/h4-14,18-20,22,26H,1,15-17H2,2-3H3. The van der Waals surface area contributed by atoms with Crippen LogP contribution in [0.2, 0.25) is 10.0 Å². The van der Waals surface area contributed by atoms with E-state index >= 15 is 0 Å². The molecule has 0 saturated heterocycles. The molecule has 6 rings (SSSR count). The Bertz CT molecular complexity index is 1500. The van der Waals surface area contributed by atoms with Gasteiger partial charge in [0.15, 0.2) is 0 Å². The minimum absolute atomic E-state index is 0.0796. The Morgan fingerprint density at radius 2 is 1.39 bits per heavy atom. The maximum absolute atomic E-state index is 6.45. The van der Waals surface area contributed by atoms with E-state index in [-0.39, 0.29) is 5.41 Å². The highest BCUT2D eigenvalue weighted by atomic mass is 35.5. The summed E-state index contributed by atoms with van der Waals surface area (Å²) in [5.41, 5.74) is 11.5. The second kappa shape index (κ2) is 8.94. The van der Waals surface area contributed by atoms with Gasteiger partial charge in [-0.25, -0.2) is 0 Å². The highest BCUT2D eigenvalue weighted by Gasteiger charge is 2.47. The summed E-state index contributed by atoms with van der Waals surface area (Å²) in [5.74, 6) is 1.17. The molecule has 3 atom stereocenters. The van der Waals surface area contributed by atoms with E-state index in [0.29, 0.717) is 11.8 Å². The first kappa shape index (κ1) is 23.6. The quantitative estimate of drug-likeness (QED) is 0.241. The van der Waals surface area contributed by atoms with Crippen LogP contribution < -0.4 is 0 Å². The molecule has 2 aliphatic rings. The molecule has 2 heteroatoms. The monoisotopic (exact) mass is 508 g/mol. The molecule has 4 aromatic rings. The Hall–Kier alpha value is -2.80. The predicted octanol–water partition coefficient (Wildman–Crippen LogP) is 10.6. The van der Waals surface area contributed by atoms with Crippen LogP contribution in [0.1, 0.15) is 44.2 Å². The fraction of sp³-hybridized carbons (Fsp3) is 0.235. The third-order valence-corrected chi connectivity index (χ3v) is 8.91. The molecule has 0 bridgehead atoms. The summed E-state index contributed by atoms with van der Waals surface area (Å²) in [5, 5.41) is 1.52. The maximum atomic E-state index is 6.45. The Balaban J connectivity index is 1.62. The van der Waals surface area contributed by atoms with Crippen molar-refractivity contribution in [2.45, 2.75) is 38.5 Å². The molecule has 0 radical (unpaired) electrons. The van der Waals surface area contributed by atoms with Crippen LogP contribution >= 0.6 is 23.2 Å². The van der Waals surface area contributed by atoms with Gasteiger partial charge in [-0.1, -0.05) is 104 Å². The molecule has 2 aliphatic carbocycles.